The van der Waals surface area contributed by atoms with E-state index in [-0.39, 0.29) is 17.6 Å². The first-order chi connectivity index (χ1) is 7.08. The highest BCUT2D eigenvalue weighted by Gasteiger charge is 2.29. The molecule has 15 heavy (non-hydrogen) atoms. The number of carbonyl (C=O) groups is 1. The minimum Gasteiger partial charge on any atom is -0.370 e. The molecule has 0 bridgehead atoms. The van der Waals surface area contributed by atoms with E-state index in [9.17, 15) is 9.18 Å². The highest BCUT2D eigenvalue weighted by atomic mass is 19.1. The molecular weight excluding hydrogens is 193 g/mol. The normalized spacial score (nSPS) is 23.9. The number of nitrogens with two attached hydrogens (primary N) is 1. The highest BCUT2D eigenvalue weighted by molar-refractivity contribution is 5.75. The maximum Gasteiger partial charge on any atom is 0.218 e. The molecule has 2 N–H and O–H groups in total. The molecule has 0 spiro atoms. The average Bonchev–Trinajstić information content (AvgIpc) is 2.42. The van der Waals surface area contributed by atoms with E-state index in [0.29, 0.717) is 12.3 Å². The zero-order valence-corrected chi connectivity index (χ0v) is 8.66. The van der Waals surface area contributed by atoms with Gasteiger partial charge in [-0.3, -0.25) is 4.79 Å². The van der Waals surface area contributed by atoms with Crippen LogP contribution in [-0.2, 0) is 4.79 Å². The van der Waals surface area contributed by atoms with Crippen molar-refractivity contribution in [3.05, 3.63) is 35.1 Å². The molecule has 0 aliphatic heterocycles. The van der Waals surface area contributed by atoms with Gasteiger partial charge >= 0.3 is 0 Å². The molecule has 2 rings (SSSR count). The topological polar surface area (TPSA) is 43.1 Å². The summed E-state index contributed by atoms with van der Waals surface area (Å²) < 4.78 is 13.1. The number of hydrogen-bond acceptors (Lipinski definition) is 1. The van der Waals surface area contributed by atoms with Crippen LogP contribution in [0.4, 0.5) is 4.39 Å². The van der Waals surface area contributed by atoms with E-state index in [0.717, 1.165) is 17.5 Å². The number of halogens is 1. The van der Waals surface area contributed by atoms with Crippen LogP contribution in [0.3, 0.4) is 0 Å². The zero-order valence-electron chi connectivity index (χ0n) is 8.66. The molecule has 1 amide bonds. The monoisotopic (exact) mass is 207 g/mol. The number of amides is 1. The SMILES string of the molecule is CC1CC(CC(N)=O)c2cc(F)ccc21. The van der Waals surface area contributed by atoms with E-state index in [2.05, 4.69) is 6.92 Å². The van der Waals surface area contributed by atoms with Crippen molar-refractivity contribution in [3.63, 3.8) is 0 Å². The number of primary amides is 1. The molecule has 0 saturated heterocycles. The molecule has 0 aromatic heterocycles. The second-order valence-corrected chi connectivity index (χ2v) is 4.28. The molecular formula is C12H14FNO. The maximum absolute atomic E-state index is 13.1. The molecule has 1 aromatic rings. The summed E-state index contributed by atoms with van der Waals surface area (Å²) in [5, 5.41) is 0. The van der Waals surface area contributed by atoms with Crippen molar-refractivity contribution >= 4 is 5.91 Å². The molecule has 0 fully saturated rings. The predicted octanol–water partition coefficient (Wildman–Crippen LogP) is 2.29. The third-order valence-electron chi connectivity index (χ3n) is 3.11. The van der Waals surface area contributed by atoms with Gasteiger partial charge in [-0.15, -0.1) is 0 Å². The minimum absolute atomic E-state index is 0.100. The molecule has 1 aliphatic rings. The summed E-state index contributed by atoms with van der Waals surface area (Å²) in [5.41, 5.74) is 7.29. The van der Waals surface area contributed by atoms with Crippen LogP contribution in [0.15, 0.2) is 18.2 Å². The van der Waals surface area contributed by atoms with Crippen LogP contribution in [0.5, 0.6) is 0 Å². The fraction of sp³-hybridized carbons (Fsp3) is 0.417. The molecule has 3 heteroatoms. The quantitative estimate of drug-likeness (QED) is 0.794. The first-order valence-electron chi connectivity index (χ1n) is 5.15. The third-order valence-corrected chi connectivity index (χ3v) is 3.11. The molecule has 2 atom stereocenters. The highest BCUT2D eigenvalue weighted by Crippen LogP contribution is 2.43. The summed E-state index contributed by atoms with van der Waals surface area (Å²) >= 11 is 0. The van der Waals surface area contributed by atoms with Gasteiger partial charge in [0.25, 0.3) is 0 Å². The van der Waals surface area contributed by atoms with Gasteiger partial charge in [-0.25, -0.2) is 4.39 Å². The Morgan fingerprint density at radius 2 is 2.27 bits per heavy atom. The average molecular weight is 207 g/mol. The summed E-state index contributed by atoms with van der Waals surface area (Å²) in [6.07, 6.45) is 1.21. The van der Waals surface area contributed by atoms with Gasteiger partial charge in [0, 0.05) is 6.42 Å². The lowest BCUT2D eigenvalue weighted by Gasteiger charge is -2.08. The van der Waals surface area contributed by atoms with Gasteiger partial charge in [0.2, 0.25) is 5.91 Å². The molecule has 1 aliphatic carbocycles. The van der Waals surface area contributed by atoms with Crippen LogP contribution in [0.25, 0.3) is 0 Å². The van der Waals surface area contributed by atoms with Crippen LogP contribution in [0.2, 0.25) is 0 Å². The van der Waals surface area contributed by atoms with Gasteiger partial charge in [-0.05, 0) is 41.5 Å². The number of fused-ring (bicyclic) bond motifs is 1. The molecule has 2 unspecified atom stereocenters. The fourth-order valence-electron chi connectivity index (χ4n) is 2.46. The Morgan fingerprint density at radius 1 is 1.53 bits per heavy atom. The van der Waals surface area contributed by atoms with Gasteiger partial charge in [0.05, 0.1) is 0 Å². The van der Waals surface area contributed by atoms with Gasteiger partial charge in [-0.2, -0.15) is 0 Å². The van der Waals surface area contributed by atoms with Crippen molar-refractivity contribution in [1.29, 1.82) is 0 Å². The van der Waals surface area contributed by atoms with Crippen LogP contribution >= 0.6 is 0 Å². The Balaban J connectivity index is 2.35. The van der Waals surface area contributed by atoms with Gasteiger partial charge in [0.1, 0.15) is 5.82 Å². The molecule has 1 aromatic carbocycles. The standard InChI is InChI=1S/C12H14FNO/c1-7-4-8(5-12(14)15)11-6-9(13)2-3-10(7)11/h2-3,6-8H,4-5H2,1H3,(H2,14,15). The van der Waals surface area contributed by atoms with E-state index in [4.69, 9.17) is 5.73 Å². The first kappa shape index (κ1) is 10.1. The van der Waals surface area contributed by atoms with Gasteiger partial charge in [0.15, 0.2) is 0 Å². The van der Waals surface area contributed by atoms with Crippen LogP contribution in [-0.4, -0.2) is 5.91 Å². The van der Waals surface area contributed by atoms with E-state index >= 15 is 0 Å². The smallest absolute Gasteiger partial charge is 0.218 e. The lowest BCUT2D eigenvalue weighted by atomic mass is 9.97. The molecule has 80 valence electrons. The van der Waals surface area contributed by atoms with Crippen molar-refractivity contribution in [2.45, 2.75) is 31.6 Å². The Bertz CT molecular complexity index is 403. The fourth-order valence-corrected chi connectivity index (χ4v) is 2.46. The maximum atomic E-state index is 13.1. The summed E-state index contributed by atoms with van der Waals surface area (Å²) in [7, 11) is 0. The number of carbonyl (C=O) groups excluding carboxylic acids is 1. The Labute approximate surface area is 88.3 Å². The summed E-state index contributed by atoms with van der Waals surface area (Å²) in [6, 6.07) is 4.82. The van der Waals surface area contributed by atoms with Crippen LogP contribution < -0.4 is 5.73 Å². The predicted molar refractivity (Wildman–Crippen MR) is 56.0 cm³/mol. The molecule has 0 radical (unpaired) electrons. The van der Waals surface area contributed by atoms with Crippen molar-refractivity contribution in [1.82, 2.24) is 0 Å². The number of benzene rings is 1. The first-order valence-corrected chi connectivity index (χ1v) is 5.15. The third kappa shape index (κ3) is 1.87. The minimum atomic E-state index is -0.315. The second-order valence-electron chi connectivity index (χ2n) is 4.28. The Morgan fingerprint density at radius 3 is 2.93 bits per heavy atom. The Kier molecular flexibility index (Phi) is 2.47. The lowest BCUT2D eigenvalue weighted by Crippen LogP contribution is -2.14. The summed E-state index contributed by atoms with van der Waals surface area (Å²) in [4.78, 5) is 10.9. The summed E-state index contributed by atoms with van der Waals surface area (Å²) in [5.74, 6) is -0.0604. The van der Waals surface area contributed by atoms with Crippen LogP contribution in [0, 0.1) is 5.82 Å². The van der Waals surface area contributed by atoms with E-state index in [1.807, 2.05) is 6.07 Å². The largest absolute Gasteiger partial charge is 0.370 e. The van der Waals surface area contributed by atoms with Crippen molar-refractivity contribution in [2.75, 3.05) is 0 Å². The van der Waals surface area contributed by atoms with Gasteiger partial charge in [-0.1, -0.05) is 13.0 Å². The molecule has 0 saturated carbocycles. The van der Waals surface area contributed by atoms with Crippen LogP contribution in [0.1, 0.15) is 42.7 Å². The van der Waals surface area contributed by atoms with E-state index in [1.54, 1.807) is 0 Å². The summed E-state index contributed by atoms with van der Waals surface area (Å²) in [6.45, 7) is 2.09. The van der Waals surface area contributed by atoms with Crippen molar-refractivity contribution in [2.24, 2.45) is 5.73 Å². The van der Waals surface area contributed by atoms with Crippen molar-refractivity contribution < 1.29 is 9.18 Å². The molecule has 2 nitrogen and oxygen atoms in total. The lowest BCUT2D eigenvalue weighted by molar-refractivity contribution is -0.118. The van der Waals surface area contributed by atoms with Crippen molar-refractivity contribution in [3.8, 4) is 0 Å². The molecule has 0 heterocycles. The zero-order chi connectivity index (χ0) is 11.0. The Hall–Kier alpha value is -1.38. The van der Waals surface area contributed by atoms with E-state index in [1.165, 1.54) is 12.1 Å². The number of rotatable bonds is 2. The van der Waals surface area contributed by atoms with Gasteiger partial charge < -0.3 is 5.73 Å². The number of hydrogen-bond donors (Lipinski definition) is 1. The second kappa shape index (κ2) is 3.65. The van der Waals surface area contributed by atoms with E-state index < -0.39 is 0 Å².